The molecule has 0 spiro atoms. The molecule has 0 aromatic rings. The van der Waals surface area contributed by atoms with Crippen LogP contribution in [0.4, 0.5) is 0 Å². The number of rotatable bonds is 13. The van der Waals surface area contributed by atoms with Crippen LogP contribution in [0.5, 0.6) is 0 Å². The third kappa shape index (κ3) is 15.7. The fraction of sp³-hybridized carbons (Fsp3) is 0.875. The van der Waals surface area contributed by atoms with E-state index in [2.05, 4.69) is 19.1 Å². The number of allylic oxidation sites excluding steroid dienone is 2. The first kappa shape index (κ1) is 16.7. The van der Waals surface area contributed by atoms with Gasteiger partial charge in [0.25, 0.3) is 0 Å². The van der Waals surface area contributed by atoms with Crippen LogP contribution in [0.2, 0.25) is 0 Å². The second-order valence-electron chi connectivity index (χ2n) is 4.95. The summed E-state index contributed by atoms with van der Waals surface area (Å²) in [7, 11) is 0. The predicted octanol–water partition coefficient (Wildman–Crippen LogP) is 5.24. The lowest BCUT2D eigenvalue weighted by molar-refractivity contribution is 0.283. The lowest BCUT2D eigenvalue weighted by Gasteiger charge is -1.99. The van der Waals surface area contributed by atoms with Crippen molar-refractivity contribution >= 4 is 0 Å². The molecule has 0 heterocycles. The molecule has 0 unspecified atom stereocenters. The van der Waals surface area contributed by atoms with E-state index in [9.17, 15) is 0 Å². The van der Waals surface area contributed by atoms with Crippen molar-refractivity contribution in [2.45, 2.75) is 84.0 Å². The molecule has 0 saturated heterocycles. The Bertz CT molecular complexity index is 152. The van der Waals surface area contributed by atoms with Crippen LogP contribution in [-0.2, 0) is 0 Å². The minimum Gasteiger partial charge on any atom is -0.396 e. The predicted molar refractivity (Wildman–Crippen MR) is 77.3 cm³/mol. The molecule has 0 radical (unpaired) electrons. The number of aliphatic hydroxyl groups excluding tert-OH is 1. The molecule has 0 aliphatic heterocycles. The standard InChI is InChI=1S/C16H32O/c1-2-3-4-5-6-7-8-9-10-11-12-13-14-15-16-17/h10-11,17H,2-9,12-16H2,1H3/b11-10+. The molecule has 17 heavy (non-hydrogen) atoms. The second kappa shape index (κ2) is 15.7. The topological polar surface area (TPSA) is 20.2 Å². The molecule has 1 nitrogen and oxygen atoms in total. The Morgan fingerprint density at radius 1 is 0.647 bits per heavy atom. The summed E-state index contributed by atoms with van der Waals surface area (Å²) in [5.41, 5.74) is 0. The first-order valence-corrected chi connectivity index (χ1v) is 7.67. The maximum atomic E-state index is 8.63. The van der Waals surface area contributed by atoms with Crippen molar-refractivity contribution < 1.29 is 5.11 Å². The number of hydrogen-bond acceptors (Lipinski definition) is 1. The SMILES string of the molecule is CCCCCCCCC/C=C/CCCCCO. The largest absolute Gasteiger partial charge is 0.396 e. The van der Waals surface area contributed by atoms with Gasteiger partial charge in [0.05, 0.1) is 0 Å². The van der Waals surface area contributed by atoms with Gasteiger partial charge in [0.2, 0.25) is 0 Å². The van der Waals surface area contributed by atoms with Gasteiger partial charge in [-0.25, -0.2) is 0 Å². The molecule has 0 bridgehead atoms. The minimum atomic E-state index is 0.349. The summed E-state index contributed by atoms with van der Waals surface area (Å²) in [6.45, 7) is 2.62. The smallest absolute Gasteiger partial charge is 0.0431 e. The van der Waals surface area contributed by atoms with E-state index in [1.54, 1.807) is 0 Å². The molecule has 1 N–H and O–H groups in total. The van der Waals surface area contributed by atoms with Crippen LogP contribution in [0.1, 0.15) is 84.0 Å². The van der Waals surface area contributed by atoms with Gasteiger partial charge in [-0.15, -0.1) is 0 Å². The van der Waals surface area contributed by atoms with Crippen molar-refractivity contribution in [1.29, 1.82) is 0 Å². The zero-order valence-corrected chi connectivity index (χ0v) is 11.8. The van der Waals surface area contributed by atoms with Crippen LogP contribution in [0.25, 0.3) is 0 Å². The van der Waals surface area contributed by atoms with E-state index in [1.165, 1.54) is 64.2 Å². The van der Waals surface area contributed by atoms with Gasteiger partial charge in [0.15, 0.2) is 0 Å². The highest BCUT2D eigenvalue weighted by atomic mass is 16.2. The molecule has 0 rings (SSSR count). The molecule has 102 valence electrons. The van der Waals surface area contributed by atoms with Gasteiger partial charge in [-0.3, -0.25) is 0 Å². The van der Waals surface area contributed by atoms with E-state index >= 15 is 0 Å². The van der Waals surface area contributed by atoms with Gasteiger partial charge in [-0.2, -0.15) is 0 Å². The number of aliphatic hydroxyl groups is 1. The van der Waals surface area contributed by atoms with E-state index in [4.69, 9.17) is 5.11 Å². The van der Waals surface area contributed by atoms with Crippen LogP contribution in [0.15, 0.2) is 12.2 Å². The Kier molecular flexibility index (Phi) is 15.4. The lowest BCUT2D eigenvalue weighted by Crippen LogP contribution is -1.81. The van der Waals surface area contributed by atoms with Gasteiger partial charge in [0, 0.05) is 6.61 Å². The van der Waals surface area contributed by atoms with Crippen LogP contribution < -0.4 is 0 Å². The molecule has 0 atom stereocenters. The van der Waals surface area contributed by atoms with Crippen LogP contribution in [0.3, 0.4) is 0 Å². The molecular weight excluding hydrogens is 208 g/mol. The van der Waals surface area contributed by atoms with Crippen molar-refractivity contribution in [3.05, 3.63) is 12.2 Å². The molecular formula is C16H32O. The third-order valence-corrected chi connectivity index (χ3v) is 3.17. The van der Waals surface area contributed by atoms with Crippen molar-refractivity contribution in [2.75, 3.05) is 6.61 Å². The zero-order chi connectivity index (χ0) is 12.6. The molecule has 1 heteroatoms. The van der Waals surface area contributed by atoms with Gasteiger partial charge < -0.3 is 5.11 Å². The zero-order valence-electron chi connectivity index (χ0n) is 11.8. The molecule has 0 amide bonds. The normalized spacial score (nSPS) is 11.4. The third-order valence-electron chi connectivity index (χ3n) is 3.17. The Balaban J connectivity index is 2.99. The molecule has 0 aliphatic carbocycles. The van der Waals surface area contributed by atoms with Crippen molar-refractivity contribution in [1.82, 2.24) is 0 Å². The average molecular weight is 240 g/mol. The summed E-state index contributed by atoms with van der Waals surface area (Å²) in [4.78, 5) is 0. The van der Waals surface area contributed by atoms with E-state index in [0.29, 0.717) is 6.61 Å². The van der Waals surface area contributed by atoms with Crippen LogP contribution in [0, 0.1) is 0 Å². The number of unbranched alkanes of at least 4 members (excludes halogenated alkanes) is 10. The first-order chi connectivity index (χ1) is 8.41. The van der Waals surface area contributed by atoms with Crippen molar-refractivity contribution in [3.8, 4) is 0 Å². The highest BCUT2D eigenvalue weighted by Crippen LogP contribution is 2.09. The fourth-order valence-corrected chi connectivity index (χ4v) is 2.01. The maximum absolute atomic E-state index is 8.63. The molecule has 0 fully saturated rings. The summed E-state index contributed by atoms with van der Waals surface area (Å²) in [5.74, 6) is 0. The Morgan fingerprint density at radius 2 is 1.12 bits per heavy atom. The summed E-state index contributed by atoms with van der Waals surface area (Å²) < 4.78 is 0. The minimum absolute atomic E-state index is 0.349. The maximum Gasteiger partial charge on any atom is 0.0431 e. The van der Waals surface area contributed by atoms with E-state index < -0.39 is 0 Å². The highest BCUT2D eigenvalue weighted by molar-refractivity contribution is 4.81. The average Bonchev–Trinajstić information content (AvgIpc) is 2.35. The summed E-state index contributed by atoms with van der Waals surface area (Å²) in [6.07, 6.45) is 20.3. The molecule has 0 aromatic carbocycles. The van der Waals surface area contributed by atoms with E-state index in [0.717, 1.165) is 12.8 Å². The Morgan fingerprint density at radius 3 is 1.65 bits per heavy atom. The molecule has 0 saturated carbocycles. The fourth-order valence-electron chi connectivity index (χ4n) is 2.01. The quantitative estimate of drug-likeness (QED) is 0.345. The Labute approximate surface area is 108 Å². The van der Waals surface area contributed by atoms with Gasteiger partial charge >= 0.3 is 0 Å². The van der Waals surface area contributed by atoms with Crippen molar-refractivity contribution in [2.24, 2.45) is 0 Å². The van der Waals surface area contributed by atoms with Crippen LogP contribution in [-0.4, -0.2) is 11.7 Å². The lowest BCUT2D eigenvalue weighted by atomic mass is 10.1. The van der Waals surface area contributed by atoms with Crippen LogP contribution >= 0.6 is 0 Å². The highest BCUT2D eigenvalue weighted by Gasteiger charge is 1.89. The molecule has 0 aliphatic rings. The van der Waals surface area contributed by atoms with Gasteiger partial charge in [0.1, 0.15) is 0 Å². The van der Waals surface area contributed by atoms with E-state index in [1.807, 2.05) is 0 Å². The van der Waals surface area contributed by atoms with Gasteiger partial charge in [-0.1, -0.05) is 64.0 Å². The summed E-state index contributed by atoms with van der Waals surface area (Å²) in [6, 6.07) is 0. The molecule has 0 aromatic heterocycles. The Hall–Kier alpha value is -0.300. The van der Waals surface area contributed by atoms with Crippen molar-refractivity contribution in [3.63, 3.8) is 0 Å². The number of hydrogen-bond donors (Lipinski definition) is 1. The van der Waals surface area contributed by atoms with E-state index in [-0.39, 0.29) is 0 Å². The first-order valence-electron chi connectivity index (χ1n) is 7.67. The summed E-state index contributed by atoms with van der Waals surface area (Å²) in [5, 5.41) is 8.63. The summed E-state index contributed by atoms with van der Waals surface area (Å²) >= 11 is 0. The van der Waals surface area contributed by atoms with Gasteiger partial charge in [-0.05, 0) is 32.1 Å². The second-order valence-corrected chi connectivity index (χ2v) is 4.95. The monoisotopic (exact) mass is 240 g/mol.